The molecule has 1 aromatic carbocycles. The SMILES string of the molecule is CCNC(c1ccc(OC2CC2)cc1)c1cc(C)c(Br)s1. The van der Waals surface area contributed by atoms with E-state index in [1.165, 1.54) is 32.6 Å². The number of hydrogen-bond acceptors (Lipinski definition) is 3. The van der Waals surface area contributed by atoms with Crippen LogP contribution >= 0.6 is 27.3 Å². The van der Waals surface area contributed by atoms with Crippen molar-refractivity contribution in [2.45, 2.75) is 38.8 Å². The molecule has 1 unspecified atom stereocenters. The number of benzene rings is 1. The first-order valence-electron chi connectivity index (χ1n) is 7.43. The van der Waals surface area contributed by atoms with E-state index in [-0.39, 0.29) is 6.04 Å². The number of halogens is 1. The number of thiophene rings is 1. The van der Waals surface area contributed by atoms with Gasteiger partial charge in [-0.2, -0.15) is 0 Å². The fourth-order valence-electron chi connectivity index (χ4n) is 2.33. The summed E-state index contributed by atoms with van der Waals surface area (Å²) in [5, 5.41) is 3.58. The average molecular weight is 366 g/mol. The number of ether oxygens (including phenoxy) is 1. The second-order valence-electron chi connectivity index (χ2n) is 5.48. The zero-order valence-corrected chi connectivity index (χ0v) is 14.8. The van der Waals surface area contributed by atoms with E-state index in [1.54, 1.807) is 11.3 Å². The van der Waals surface area contributed by atoms with Crippen LogP contribution in [-0.4, -0.2) is 12.6 Å². The Kier molecular flexibility index (Phi) is 4.67. The summed E-state index contributed by atoms with van der Waals surface area (Å²) in [6.07, 6.45) is 2.85. The summed E-state index contributed by atoms with van der Waals surface area (Å²) in [6.45, 7) is 5.23. The minimum absolute atomic E-state index is 0.250. The van der Waals surface area contributed by atoms with Crippen molar-refractivity contribution in [1.29, 1.82) is 0 Å². The molecule has 2 nitrogen and oxygen atoms in total. The van der Waals surface area contributed by atoms with Gasteiger partial charge in [0.25, 0.3) is 0 Å². The highest BCUT2D eigenvalue weighted by Crippen LogP contribution is 2.35. The third-order valence-electron chi connectivity index (χ3n) is 3.61. The molecule has 21 heavy (non-hydrogen) atoms. The summed E-state index contributed by atoms with van der Waals surface area (Å²) in [7, 11) is 0. The van der Waals surface area contributed by atoms with Crippen molar-refractivity contribution in [2.75, 3.05) is 6.54 Å². The van der Waals surface area contributed by atoms with Gasteiger partial charge in [0.1, 0.15) is 5.75 Å². The topological polar surface area (TPSA) is 21.3 Å². The van der Waals surface area contributed by atoms with Crippen LogP contribution < -0.4 is 10.1 Å². The van der Waals surface area contributed by atoms with Crippen molar-refractivity contribution in [3.05, 3.63) is 50.1 Å². The molecule has 1 aromatic heterocycles. The molecule has 0 bridgehead atoms. The van der Waals surface area contributed by atoms with E-state index in [4.69, 9.17) is 4.74 Å². The summed E-state index contributed by atoms with van der Waals surface area (Å²) < 4.78 is 7.04. The highest BCUT2D eigenvalue weighted by Gasteiger charge is 2.23. The summed E-state index contributed by atoms with van der Waals surface area (Å²) in [5.41, 5.74) is 2.58. The quantitative estimate of drug-likeness (QED) is 0.772. The lowest BCUT2D eigenvalue weighted by Crippen LogP contribution is -2.21. The van der Waals surface area contributed by atoms with Crippen LogP contribution in [0, 0.1) is 6.92 Å². The third kappa shape index (κ3) is 3.68. The first-order chi connectivity index (χ1) is 10.2. The molecule has 1 N–H and O–H groups in total. The molecule has 1 atom stereocenters. The van der Waals surface area contributed by atoms with E-state index in [0.29, 0.717) is 6.10 Å². The Morgan fingerprint density at radius 2 is 2.05 bits per heavy atom. The van der Waals surface area contributed by atoms with Gasteiger partial charge in [-0.05, 0) is 71.6 Å². The fourth-order valence-corrected chi connectivity index (χ4v) is 4.00. The lowest BCUT2D eigenvalue weighted by atomic mass is 10.0. The third-order valence-corrected chi connectivity index (χ3v) is 5.81. The lowest BCUT2D eigenvalue weighted by Gasteiger charge is -2.17. The molecular formula is C17H20BrNOS. The fraction of sp³-hybridized carbons (Fsp3) is 0.412. The number of hydrogen-bond donors (Lipinski definition) is 1. The average Bonchev–Trinajstić information content (AvgIpc) is 3.23. The van der Waals surface area contributed by atoms with E-state index in [2.05, 4.69) is 65.4 Å². The highest BCUT2D eigenvalue weighted by atomic mass is 79.9. The number of nitrogens with one attached hydrogen (secondary N) is 1. The van der Waals surface area contributed by atoms with Gasteiger partial charge in [0.05, 0.1) is 15.9 Å². The second kappa shape index (κ2) is 6.51. The molecule has 2 aromatic rings. The molecule has 1 saturated carbocycles. The minimum Gasteiger partial charge on any atom is -0.490 e. The van der Waals surface area contributed by atoms with Crippen LogP contribution in [0.2, 0.25) is 0 Å². The molecule has 0 saturated heterocycles. The van der Waals surface area contributed by atoms with Crippen LogP contribution in [0.1, 0.15) is 41.8 Å². The van der Waals surface area contributed by atoms with Crippen LogP contribution in [0.4, 0.5) is 0 Å². The maximum atomic E-state index is 5.82. The van der Waals surface area contributed by atoms with Crippen molar-refractivity contribution >= 4 is 27.3 Å². The Bertz CT molecular complexity index is 584. The number of rotatable bonds is 6. The Balaban J connectivity index is 1.82. The molecule has 0 amide bonds. The molecule has 0 spiro atoms. The van der Waals surface area contributed by atoms with Crippen LogP contribution in [0.25, 0.3) is 0 Å². The Hall–Kier alpha value is -0.840. The molecule has 1 fully saturated rings. The van der Waals surface area contributed by atoms with Crippen LogP contribution in [0.5, 0.6) is 5.75 Å². The Morgan fingerprint density at radius 3 is 2.57 bits per heavy atom. The molecule has 1 aliphatic carbocycles. The van der Waals surface area contributed by atoms with E-state index in [1.807, 2.05) is 0 Å². The predicted octanol–water partition coefficient (Wildman–Crippen LogP) is 5.06. The van der Waals surface area contributed by atoms with Crippen molar-refractivity contribution in [3.8, 4) is 5.75 Å². The van der Waals surface area contributed by atoms with Gasteiger partial charge in [0.2, 0.25) is 0 Å². The van der Waals surface area contributed by atoms with Crippen molar-refractivity contribution in [1.82, 2.24) is 5.32 Å². The smallest absolute Gasteiger partial charge is 0.119 e. The molecule has 1 heterocycles. The van der Waals surface area contributed by atoms with Crippen molar-refractivity contribution in [2.24, 2.45) is 0 Å². The van der Waals surface area contributed by atoms with Crippen molar-refractivity contribution in [3.63, 3.8) is 0 Å². The second-order valence-corrected chi connectivity index (χ2v) is 7.88. The lowest BCUT2D eigenvalue weighted by molar-refractivity contribution is 0.303. The monoisotopic (exact) mass is 365 g/mol. The molecule has 1 aliphatic rings. The minimum atomic E-state index is 0.250. The summed E-state index contributed by atoms with van der Waals surface area (Å²) in [6, 6.07) is 11.0. The normalized spacial score (nSPS) is 16.0. The summed E-state index contributed by atoms with van der Waals surface area (Å²) in [5.74, 6) is 0.986. The highest BCUT2D eigenvalue weighted by molar-refractivity contribution is 9.11. The first kappa shape index (κ1) is 15.1. The first-order valence-corrected chi connectivity index (χ1v) is 9.04. The van der Waals surface area contributed by atoms with Crippen LogP contribution in [-0.2, 0) is 0 Å². The largest absolute Gasteiger partial charge is 0.490 e. The Labute approximate surface area is 138 Å². The van der Waals surface area contributed by atoms with Crippen molar-refractivity contribution < 1.29 is 4.74 Å². The summed E-state index contributed by atoms with van der Waals surface area (Å²) in [4.78, 5) is 1.34. The van der Waals surface area contributed by atoms with Crippen LogP contribution in [0.3, 0.4) is 0 Å². The molecule has 0 aliphatic heterocycles. The van der Waals surface area contributed by atoms with E-state index in [9.17, 15) is 0 Å². The van der Waals surface area contributed by atoms with E-state index in [0.717, 1.165) is 12.3 Å². The van der Waals surface area contributed by atoms with E-state index < -0.39 is 0 Å². The Morgan fingerprint density at radius 1 is 1.33 bits per heavy atom. The molecule has 4 heteroatoms. The number of aryl methyl sites for hydroxylation is 1. The molecule has 0 radical (unpaired) electrons. The van der Waals surface area contributed by atoms with Gasteiger partial charge in [-0.15, -0.1) is 11.3 Å². The van der Waals surface area contributed by atoms with Gasteiger partial charge in [-0.25, -0.2) is 0 Å². The summed E-state index contributed by atoms with van der Waals surface area (Å²) >= 11 is 5.43. The molecular weight excluding hydrogens is 346 g/mol. The zero-order chi connectivity index (χ0) is 14.8. The zero-order valence-electron chi connectivity index (χ0n) is 12.4. The maximum absolute atomic E-state index is 5.82. The van der Waals surface area contributed by atoms with Gasteiger partial charge in [0, 0.05) is 4.88 Å². The van der Waals surface area contributed by atoms with E-state index >= 15 is 0 Å². The van der Waals surface area contributed by atoms with Gasteiger partial charge in [0.15, 0.2) is 0 Å². The maximum Gasteiger partial charge on any atom is 0.119 e. The van der Waals surface area contributed by atoms with Gasteiger partial charge in [-0.1, -0.05) is 19.1 Å². The van der Waals surface area contributed by atoms with Crippen LogP contribution in [0.15, 0.2) is 34.1 Å². The molecule has 3 rings (SSSR count). The predicted molar refractivity (Wildman–Crippen MR) is 92.4 cm³/mol. The molecule has 112 valence electrons. The van der Waals surface area contributed by atoms with Gasteiger partial charge < -0.3 is 10.1 Å². The standard InChI is InChI=1S/C17H20BrNOS/c1-3-19-16(15-10-11(2)17(18)21-15)12-4-6-13(7-5-12)20-14-8-9-14/h4-7,10,14,16,19H,3,8-9H2,1-2H3. The van der Waals surface area contributed by atoms with Gasteiger partial charge in [-0.3, -0.25) is 0 Å². The van der Waals surface area contributed by atoms with Gasteiger partial charge >= 0.3 is 0 Å².